The van der Waals surface area contributed by atoms with Crippen LogP contribution < -0.4 is 0 Å². The zero-order valence-electron chi connectivity index (χ0n) is 14.0. The highest BCUT2D eigenvalue weighted by Crippen LogP contribution is 2.62. The average molecular weight is 311 g/mol. The van der Waals surface area contributed by atoms with E-state index in [4.69, 9.17) is 9.16 Å². The molecule has 0 radical (unpaired) electrons. The lowest BCUT2D eigenvalue weighted by atomic mass is 9.67. The number of ether oxygens (including phenoxy) is 1. The van der Waals surface area contributed by atoms with E-state index < -0.39 is 8.32 Å². The van der Waals surface area contributed by atoms with Crippen molar-refractivity contribution < 1.29 is 14.0 Å². The van der Waals surface area contributed by atoms with Gasteiger partial charge in [0, 0.05) is 11.5 Å². The second-order valence-corrected chi connectivity index (χ2v) is 11.3. The molecule has 0 spiro atoms. The summed E-state index contributed by atoms with van der Waals surface area (Å²) < 4.78 is 11.7. The molecule has 0 N–H and O–H groups in total. The first-order valence-corrected chi connectivity index (χ1v) is 11.1. The number of fused-ring (bicyclic) bond motifs is 1. The van der Waals surface area contributed by atoms with Crippen molar-refractivity contribution in [3.63, 3.8) is 0 Å². The maximum Gasteiger partial charge on any atom is 0.330 e. The molecule has 3 fully saturated rings. The lowest BCUT2D eigenvalue weighted by Gasteiger charge is -2.49. The molecular weight excluding hydrogens is 280 g/mol. The Labute approximate surface area is 130 Å². The van der Waals surface area contributed by atoms with Gasteiger partial charge in [-0.2, -0.15) is 0 Å². The Morgan fingerprint density at radius 2 is 1.90 bits per heavy atom. The van der Waals surface area contributed by atoms with Crippen LogP contribution in [0.3, 0.4) is 0 Å². The molecule has 2 bridgehead atoms. The fourth-order valence-electron chi connectivity index (χ4n) is 4.13. The monoisotopic (exact) mass is 310 g/mol. The predicted molar refractivity (Wildman–Crippen MR) is 87.6 cm³/mol. The fraction of sp³-hybridized carbons (Fsp3) is 0.824. The van der Waals surface area contributed by atoms with Crippen LogP contribution in [-0.2, 0) is 14.0 Å². The molecule has 0 aliphatic heterocycles. The Morgan fingerprint density at radius 3 is 2.43 bits per heavy atom. The highest BCUT2D eigenvalue weighted by molar-refractivity contribution is 6.73. The number of carbonyl (C=O) groups is 1. The molecule has 0 aromatic heterocycles. The van der Waals surface area contributed by atoms with Gasteiger partial charge in [-0.25, -0.2) is 4.79 Å². The molecule has 3 aliphatic carbocycles. The molecule has 3 saturated carbocycles. The summed E-state index contributed by atoms with van der Waals surface area (Å²) in [6.45, 7) is 9.12. The first-order valence-electron chi connectivity index (χ1n) is 8.58. The van der Waals surface area contributed by atoms with Gasteiger partial charge in [-0.3, -0.25) is 0 Å². The maximum absolute atomic E-state index is 11.6. The second kappa shape index (κ2) is 6.65. The molecule has 3 nitrogen and oxygen atoms in total. The third kappa shape index (κ3) is 3.11. The van der Waals surface area contributed by atoms with Gasteiger partial charge < -0.3 is 9.16 Å². The molecule has 0 heterocycles. The summed E-state index contributed by atoms with van der Waals surface area (Å²) in [4.78, 5) is 11.6. The van der Waals surface area contributed by atoms with E-state index in [1.807, 2.05) is 6.92 Å². The fourth-order valence-corrected chi connectivity index (χ4v) is 7.09. The average Bonchev–Trinajstić information content (AvgIpc) is 3.06. The highest BCUT2D eigenvalue weighted by atomic mass is 28.4. The van der Waals surface area contributed by atoms with Crippen molar-refractivity contribution in [1.29, 1.82) is 0 Å². The van der Waals surface area contributed by atoms with Crippen LogP contribution in [0.25, 0.3) is 0 Å². The zero-order chi connectivity index (χ0) is 15.5. The van der Waals surface area contributed by atoms with Gasteiger partial charge in [-0.05, 0) is 50.2 Å². The highest BCUT2D eigenvalue weighted by Gasteiger charge is 2.59. The van der Waals surface area contributed by atoms with Gasteiger partial charge in [0.05, 0.1) is 12.7 Å². The van der Waals surface area contributed by atoms with Crippen molar-refractivity contribution in [1.82, 2.24) is 0 Å². The van der Waals surface area contributed by atoms with Crippen LogP contribution in [0.4, 0.5) is 0 Å². The number of rotatable bonds is 8. The minimum absolute atomic E-state index is 0.120. The first kappa shape index (κ1) is 16.8. The van der Waals surface area contributed by atoms with Crippen molar-refractivity contribution in [2.75, 3.05) is 6.61 Å². The summed E-state index contributed by atoms with van der Waals surface area (Å²) in [5.74, 6) is 0.499. The van der Waals surface area contributed by atoms with Gasteiger partial charge in [0.25, 0.3) is 0 Å². The third-order valence-corrected chi connectivity index (χ3v) is 10.4. The van der Waals surface area contributed by atoms with Crippen molar-refractivity contribution in [3.8, 4) is 0 Å². The Morgan fingerprint density at radius 1 is 1.24 bits per heavy atom. The van der Waals surface area contributed by atoms with Crippen molar-refractivity contribution in [2.24, 2.45) is 11.3 Å². The molecule has 4 heteroatoms. The Balaban J connectivity index is 2.06. The summed E-state index contributed by atoms with van der Waals surface area (Å²) in [5, 5.41) is 0. The molecule has 3 rings (SSSR count). The lowest BCUT2D eigenvalue weighted by molar-refractivity contribution is -0.137. The number of hydrogen-bond donors (Lipinski definition) is 0. The molecule has 0 aromatic rings. The lowest BCUT2D eigenvalue weighted by Crippen LogP contribution is -2.53. The number of hydrogen-bond acceptors (Lipinski definition) is 3. The van der Waals surface area contributed by atoms with Gasteiger partial charge in [0.1, 0.15) is 0 Å². The number of carbonyl (C=O) groups excluding carboxylic acids is 1. The SMILES string of the molecule is CCOC(=O)/C=C/[C@]12CC[C@H](C1)[C@@H]2O[Si](CC)(CC)CC. The summed E-state index contributed by atoms with van der Waals surface area (Å²) >= 11 is 0. The summed E-state index contributed by atoms with van der Waals surface area (Å²) in [7, 11) is -1.56. The van der Waals surface area contributed by atoms with Crippen LogP contribution in [0.15, 0.2) is 12.2 Å². The van der Waals surface area contributed by atoms with E-state index in [9.17, 15) is 4.79 Å². The molecule has 21 heavy (non-hydrogen) atoms. The van der Waals surface area contributed by atoms with Crippen molar-refractivity contribution in [3.05, 3.63) is 12.2 Å². The van der Waals surface area contributed by atoms with Crippen LogP contribution in [0.5, 0.6) is 0 Å². The molecule has 0 amide bonds. The van der Waals surface area contributed by atoms with Crippen molar-refractivity contribution >= 4 is 14.3 Å². The number of esters is 1. The minimum atomic E-state index is -1.56. The van der Waals surface area contributed by atoms with E-state index in [1.54, 1.807) is 6.08 Å². The molecule has 0 saturated heterocycles. The standard InChI is InChI=1S/C17H30O3Si/c1-5-19-15(18)10-12-17-11-9-14(13-17)16(17)20-21(6-2,7-3)8-4/h10,12,14,16H,5-9,11,13H2,1-4H3/b12-10+/t14-,16+,17-/m1/s1. The molecular formula is C17H30O3Si. The normalized spacial score (nSPS) is 31.4. The van der Waals surface area contributed by atoms with Crippen LogP contribution in [0.2, 0.25) is 18.1 Å². The van der Waals surface area contributed by atoms with E-state index in [1.165, 1.54) is 37.4 Å². The summed E-state index contributed by atoms with van der Waals surface area (Å²) in [5.41, 5.74) is 0.120. The van der Waals surface area contributed by atoms with Gasteiger partial charge in [-0.1, -0.05) is 26.8 Å². The maximum atomic E-state index is 11.6. The molecule has 120 valence electrons. The Kier molecular flexibility index (Phi) is 5.31. The van der Waals surface area contributed by atoms with E-state index in [0.29, 0.717) is 18.6 Å². The van der Waals surface area contributed by atoms with Crippen molar-refractivity contribution in [2.45, 2.75) is 71.2 Å². The van der Waals surface area contributed by atoms with Crippen LogP contribution in [0.1, 0.15) is 47.0 Å². The molecule has 0 aromatic carbocycles. The molecule has 3 aliphatic rings. The first-order chi connectivity index (χ1) is 10.0. The van der Waals surface area contributed by atoms with E-state index in [2.05, 4.69) is 26.8 Å². The Bertz CT molecular complexity index is 391. The van der Waals surface area contributed by atoms with Gasteiger partial charge in [0.2, 0.25) is 0 Å². The topological polar surface area (TPSA) is 35.5 Å². The predicted octanol–water partition coefficient (Wildman–Crippen LogP) is 4.30. The molecule has 0 unspecified atom stereocenters. The van der Waals surface area contributed by atoms with Crippen LogP contribution >= 0.6 is 0 Å². The zero-order valence-corrected chi connectivity index (χ0v) is 15.0. The van der Waals surface area contributed by atoms with Crippen LogP contribution in [0, 0.1) is 11.3 Å². The van der Waals surface area contributed by atoms with E-state index in [-0.39, 0.29) is 11.4 Å². The Hall–Kier alpha value is -0.613. The van der Waals surface area contributed by atoms with E-state index >= 15 is 0 Å². The van der Waals surface area contributed by atoms with Gasteiger partial charge in [-0.15, -0.1) is 0 Å². The smallest absolute Gasteiger partial charge is 0.330 e. The third-order valence-electron chi connectivity index (χ3n) is 5.77. The van der Waals surface area contributed by atoms with Gasteiger partial charge >= 0.3 is 5.97 Å². The largest absolute Gasteiger partial charge is 0.463 e. The van der Waals surface area contributed by atoms with E-state index in [0.717, 1.165) is 0 Å². The minimum Gasteiger partial charge on any atom is -0.463 e. The van der Waals surface area contributed by atoms with Crippen LogP contribution in [-0.4, -0.2) is 27.0 Å². The summed E-state index contributed by atoms with van der Waals surface area (Å²) in [6.07, 6.45) is 7.69. The molecule has 3 atom stereocenters. The summed E-state index contributed by atoms with van der Waals surface area (Å²) in [6, 6.07) is 3.59. The van der Waals surface area contributed by atoms with Gasteiger partial charge in [0.15, 0.2) is 8.32 Å². The quantitative estimate of drug-likeness (QED) is 0.381. The second-order valence-electron chi connectivity index (χ2n) is 6.60.